The second-order valence-electron chi connectivity index (χ2n) is 3.10. The molecule has 1 rings (SSSR count). The van der Waals surface area contributed by atoms with Gasteiger partial charge in [-0.2, -0.15) is 0 Å². The highest BCUT2D eigenvalue weighted by Gasteiger charge is 2.19. The van der Waals surface area contributed by atoms with Crippen LogP contribution in [-0.4, -0.2) is 25.6 Å². The van der Waals surface area contributed by atoms with Gasteiger partial charge in [0.25, 0.3) is 0 Å². The van der Waals surface area contributed by atoms with Gasteiger partial charge in [-0.15, -0.1) is 11.6 Å². The molecule has 0 fully saturated rings. The maximum Gasteiger partial charge on any atom is 0.243 e. The molecule has 0 saturated carbocycles. The Bertz CT molecular complexity index is 797. The lowest BCUT2D eigenvalue weighted by Crippen LogP contribution is -2.35. The molecule has 0 atom stereocenters. The van der Waals surface area contributed by atoms with Crippen LogP contribution in [0.15, 0.2) is 18.1 Å². The van der Waals surface area contributed by atoms with E-state index in [2.05, 4.69) is 0 Å². The van der Waals surface area contributed by atoms with Crippen molar-refractivity contribution in [2.45, 2.75) is 26.4 Å². The smallest absolute Gasteiger partial charge is 0.243 e. The Balaban J connectivity index is 4.43. The number of methoxy groups -OCH3 is 1. The van der Waals surface area contributed by atoms with Crippen LogP contribution in [-0.2, 0) is 22.3 Å². The summed E-state index contributed by atoms with van der Waals surface area (Å²) in [6, 6.07) is -3.34. The molecule has 100 valence electrons. The third kappa shape index (κ3) is 3.24. The van der Waals surface area contributed by atoms with E-state index in [1.54, 1.807) is 0 Å². The first-order valence-electron chi connectivity index (χ1n) is 11.3. The molecule has 1 aromatic rings. The first-order chi connectivity index (χ1) is 13.8. The Morgan fingerprint density at radius 1 is 1.50 bits per heavy atom. The Labute approximate surface area is 132 Å². The summed E-state index contributed by atoms with van der Waals surface area (Å²) in [6.45, 7) is -7.70. The van der Waals surface area contributed by atoms with E-state index in [-0.39, 0.29) is 0 Å². The van der Waals surface area contributed by atoms with Gasteiger partial charge in [0.2, 0.25) is 5.91 Å². The number of carbonyl (C=O) groups excluding carboxylic acids is 1. The second kappa shape index (κ2) is 7.39. The third-order valence-corrected chi connectivity index (χ3v) is 2.27. The Morgan fingerprint density at radius 2 is 2.11 bits per heavy atom. The highest BCUT2D eigenvalue weighted by atomic mass is 35.5. The SMILES string of the molecule is [2H]c1c([2H])c(C([2H])([2H])C([2H])([2H])[2H])c(N(COC)C(=O)CCl)c(C([2H])([2H])C([2H])([2H])[2H])c1[2H]. The molecule has 0 aromatic heterocycles. The van der Waals surface area contributed by atoms with E-state index < -0.39 is 79.9 Å². The fraction of sp³-hybridized carbons (Fsp3) is 0.500. The molecule has 0 saturated heterocycles. The van der Waals surface area contributed by atoms with E-state index in [1.807, 2.05) is 0 Å². The maximum absolute atomic E-state index is 12.5. The zero-order valence-corrected chi connectivity index (χ0v) is 10.3. The average Bonchev–Trinajstić information content (AvgIpc) is 2.60. The van der Waals surface area contributed by atoms with Crippen LogP contribution < -0.4 is 4.90 Å². The molecule has 0 aliphatic carbocycles. The van der Waals surface area contributed by atoms with Crippen LogP contribution in [0.3, 0.4) is 0 Å². The molecule has 18 heavy (non-hydrogen) atoms. The van der Waals surface area contributed by atoms with Crippen molar-refractivity contribution in [1.82, 2.24) is 0 Å². The predicted octanol–water partition coefficient (Wildman–Crippen LogP) is 2.99. The number of hydrogen-bond donors (Lipinski definition) is 0. The molecule has 0 spiro atoms. The summed E-state index contributed by atoms with van der Waals surface area (Å²) in [4.78, 5) is 13.0. The number of hydrogen-bond acceptors (Lipinski definition) is 2. The largest absolute Gasteiger partial charge is 0.364 e. The number of ether oxygens (including phenoxy) is 1. The zero-order valence-electron chi connectivity index (χ0n) is 22.6. The van der Waals surface area contributed by atoms with E-state index in [9.17, 15) is 4.79 Å². The van der Waals surface area contributed by atoms with Crippen LogP contribution in [0.1, 0.15) is 42.7 Å². The number of amides is 1. The molecule has 3 nitrogen and oxygen atoms in total. The minimum atomic E-state index is -3.47. The average molecular weight is 283 g/mol. The van der Waals surface area contributed by atoms with Crippen molar-refractivity contribution >= 4 is 23.2 Å². The number of halogens is 1. The predicted molar refractivity (Wildman–Crippen MR) is 75.3 cm³/mol. The quantitative estimate of drug-likeness (QED) is 0.593. The summed E-state index contributed by atoms with van der Waals surface area (Å²) in [7, 11) is 1.09. The monoisotopic (exact) mass is 282 g/mol. The van der Waals surface area contributed by atoms with Crippen LogP contribution in [0.4, 0.5) is 5.69 Å². The summed E-state index contributed by atoms with van der Waals surface area (Å²) in [6.07, 6.45) is -6.89. The minimum absolute atomic E-state index is 0.473. The molecular weight excluding hydrogens is 250 g/mol. The molecular formula is C14H20ClNO2. The minimum Gasteiger partial charge on any atom is -0.364 e. The highest BCUT2D eigenvalue weighted by Crippen LogP contribution is 2.27. The number of alkyl halides is 1. The number of nitrogens with zero attached hydrogens (tertiary/aromatic N) is 1. The van der Waals surface area contributed by atoms with Crippen molar-refractivity contribution in [3.05, 3.63) is 29.3 Å². The van der Waals surface area contributed by atoms with Gasteiger partial charge in [-0.25, -0.2) is 0 Å². The van der Waals surface area contributed by atoms with Crippen LogP contribution >= 0.6 is 11.6 Å². The lowest BCUT2D eigenvalue weighted by molar-refractivity contribution is -0.117. The van der Waals surface area contributed by atoms with Gasteiger partial charge < -0.3 is 4.74 Å². The Hall–Kier alpha value is -1.06. The fourth-order valence-electron chi connectivity index (χ4n) is 1.31. The van der Waals surface area contributed by atoms with E-state index in [1.165, 1.54) is 0 Å². The summed E-state index contributed by atoms with van der Waals surface area (Å²) in [5, 5.41) is 0. The summed E-state index contributed by atoms with van der Waals surface area (Å²) < 4.78 is 107. The lowest BCUT2D eigenvalue weighted by Gasteiger charge is -2.26. The molecule has 0 aliphatic heterocycles. The maximum atomic E-state index is 12.5. The first kappa shape index (κ1) is 4.80. The normalized spacial score (nSPS) is 24.0. The van der Waals surface area contributed by atoms with Crippen molar-refractivity contribution in [1.29, 1.82) is 0 Å². The van der Waals surface area contributed by atoms with E-state index in [4.69, 9.17) is 34.2 Å². The second-order valence-corrected chi connectivity index (χ2v) is 3.36. The van der Waals surface area contributed by atoms with E-state index in [0.717, 1.165) is 7.11 Å². The molecule has 0 aliphatic rings. The zero-order chi connectivity index (χ0) is 24.7. The van der Waals surface area contributed by atoms with Gasteiger partial charge in [-0.05, 0) is 23.9 Å². The van der Waals surface area contributed by atoms with Gasteiger partial charge in [0.15, 0.2) is 0 Å². The topological polar surface area (TPSA) is 29.5 Å². The van der Waals surface area contributed by atoms with Crippen LogP contribution in [0, 0.1) is 0 Å². The fourth-order valence-corrected chi connectivity index (χ4v) is 1.46. The molecule has 0 bridgehead atoms. The first-order valence-corrected chi connectivity index (χ1v) is 5.32. The Kier molecular flexibility index (Phi) is 1.97. The van der Waals surface area contributed by atoms with Crippen LogP contribution in [0.25, 0.3) is 0 Å². The third-order valence-electron chi connectivity index (χ3n) is 2.04. The van der Waals surface area contributed by atoms with E-state index in [0.29, 0.717) is 4.90 Å². The van der Waals surface area contributed by atoms with Gasteiger partial charge in [0.1, 0.15) is 12.6 Å². The number of rotatable bonds is 6. The van der Waals surface area contributed by atoms with Gasteiger partial charge in [-0.3, -0.25) is 9.69 Å². The van der Waals surface area contributed by atoms with Gasteiger partial charge in [0, 0.05) is 20.8 Å². The molecule has 4 heteroatoms. The number of para-hydroxylation sites is 1. The highest BCUT2D eigenvalue weighted by molar-refractivity contribution is 6.29. The van der Waals surface area contributed by atoms with Crippen LogP contribution in [0.5, 0.6) is 0 Å². The van der Waals surface area contributed by atoms with Gasteiger partial charge >= 0.3 is 0 Å². The molecule has 0 unspecified atom stereocenters. The molecule has 0 N–H and O–H groups in total. The van der Waals surface area contributed by atoms with Crippen molar-refractivity contribution in [3.63, 3.8) is 0 Å². The molecule has 0 radical (unpaired) electrons. The molecule has 1 aromatic carbocycles. The summed E-state index contributed by atoms with van der Waals surface area (Å²) in [5.41, 5.74) is -3.28. The lowest BCUT2D eigenvalue weighted by atomic mass is 10.0. The van der Waals surface area contributed by atoms with Gasteiger partial charge in [-0.1, -0.05) is 31.8 Å². The summed E-state index contributed by atoms with van der Waals surface area (Å²) in [5.74, 6) is -1.84. The Morgan fingerprint density at radius 3 is 2.56 bits per heavy atom. The number of carbonyl (C=O) groups is 1. The number of benzene rings is 1. The van der Waals surface area contributed by atoms with Crippen molar-refractivity contribution in [3.8, 4) is 0 Å². The van der Waals surface area contributed by atoms with Crippen LogP contribution in [0.2, 0.25) is 0 Å². The summed E-state index contributed by atoms with van der Waals surface area (Å²) >= 11 is 5.57. The van der Waals surface area contributed by atoms with Crippen molar-refractivity contribution < 1.29 is 27.4 Å². The molecule has 0 heterocycles. The standard InChI is InChI=1S/C14H20ClNO2/c1-4-11-7-6-8-12(5-2)14(11)16(10-18-3)13(17)9-15/h6-8H,4-5,9-10H2,1-3H3/i1D3,2D3,4D2,5D2,6D,7D,8D. The van der Waals surface area contributed by atoms with Gasteiger partial charge in [0.05, 0.1) is 9.80 Å². The van der Waals surface area contributed by atoms with Crippen molar-refractivity contribution in [2.24, 2.45) is 0 Å². The molecule has 1 amide bonds. The number of anilines is 1. The van der Waals surface area contributed by atoms with Crippen molar-refractivity contribution in [2.75, 3.05) is 24.6 Å². The van der Waals surface area contributed by atoms with E-state index >= 15 is 0 Å².